The second-order valence-corrected chi connectivity index (χ2v) is 3.56. The largest absolute Gasteiger partial charge is 0.417 e. The standard InChI is InChI=1S/C13H11FN2O2/c14-11-7-6-9(8-12(11)15)16-13(17)18-10-4-2-1-3-5-10/h1-8H,15H2,(H,16,17). The minimum Gasteiger partial charge on any atom is -0.410 e. The fraction of sp³-hybridized carbons (Fsp3) is 0. The molecular formula is C13H11FN2O2. The predicted octanol–water partition coefficient (Wildman–Crippen LogP) is 3.02. The zero-order valence-electron chi connectivity index (χ0n) is 9.39. The summed E-state index contributed by atoms with van der Waals surface area (Å²) in [5, 5.41) is 2.45. The Bertz CT molecular complexity index is 558. The van der Waals surface area contributed by atoms with Crippen LogP contribution in [0.4, 0.5) is 20.6 Å². The highest BCUT2D eigenvalue weighted by molar-refractivity contribution is 5.86. The molecule has 2 aromatic rings. The van der Waals surface area contributed by atoms with Crippen LogP contribution >= 0.6 is 0 Å². The van der Waals surface area contributed by atoms with Gasteiger partial charge < -0.3 is 10.5 Å². The van der Waals surface area contributed by atoms with Crippen molar-refractivity contribution in [2.75, 3.05) is 11.1 Å². The summed E-state index contributed by atoms with van der Waals surface area (Å²) in [5.41, 5.74) is 5.72. The molecule has 0 atom stereocenters. The zero-order valence-corrected chi connectivity index (χ0v) is 9.39. The van der Waals surface area contributed by atoms with Crippen LogP contribution in [0.3, 0.4) is 0 Å². The molecule has 0 unspecified atom stereocenters. The molecule has 0 saturated carbocycles. The molecule has 0 aliphatic carbocycles. The van der Waals surface area contributed by atoms with Crippen molar-refractivity contribution in [3.63, 3.8) is 0 Å². The van der Waals surface area contributed by atoms with Gasteiger partial charge in [0.25, 0.3) is 0 Å². The SMILES string of the molecule is Nc1cc(NC(=O)Oc2ccccc2)ccc1F. The molecule has 0 fully saturated rings. The number of rotatable bonds is 2. The van der Waals surface area contributed by atoms with E-state index in [0.717, 1.165) is 0 Å². The molecule has 0 aliphatic rings. The lowest BCUT2D eigenvalue weighted by atomic mass is 10.3. The lowest BCUT2D eigenvalue weighted by Gasteiger charge is -2.07. The molecule has 92 valence electrons. The number of hydrogen-bond acceptors (Lipinski definition) is 3. The smallest absolute Gasteiger partial charge is 0.410 e. The summed E-state index contributed by atoms with van der Waals surface area (Å²) in [6, 6.07) is 12.5. The van der Waals surface area contributed by atoms with Crippen molar-refractivity contribution in [2.45, 2.75) is 0 Å². The van der Waals surface area contributed by atoms with Crippen molar-refractivity contribution in [2.24, 2.45) is 0 Å². The van der Waals surface area contributed by atoms with Gasteiger partial charge in [0.2, 0.25) is 0 Å². The third kappa shape index (κ3) is 2.98. The third-order valence-corrected chi connectivity index (χ3v) is 2.20. The average molecular weight is 246 g/mol. The molecule has 0 aromatic heterocycles. The van der Waals surface area contributed by atoms with Gasteiger partial charge in [-0.3, -0.25) is 5.32 Å². The molecule has 18 heavy (non-hydrogen) atoms. The minimum atomic E-state index is -0.660. The van der Waals surface area contributed by atoms with Crippen molar-refractivity contribution in [1.29, 1.82) is 0 Å². The topological polar surface area (TPSA) is 64.3 Å². The maximum Gasteiger partial charge on any atom is 0.417 e. The number of amides is 1. The number of carbonyl (C=O) groups excluding carboxylic acids is 1. The first kappa shape index (κ1) is 11.9. The first-order valence-electron chi connectivity index (χ1n) is 5.24. The van der Waals surface area contributed by atoms with Gasteiger partial charge in [-0.25, -0.2) is 9.18 Å². The summed E-state index contributed by atoms with van der Waals surface area (Å²) in [4.78, 5) is 11.5. The highest BCUT2D eigenvalue weighted by Crippen LogP contribution is 2.17. The Balaban J connectivity index is 2.01. The number of nitrogens with two attached hydrogens (primary N) is 1. The highest BCUT2D eigenvalue weighted by Gasteiger charge is 2.06. The van der Waals surface area contributed by atoms with E-state index in [9.17, 15) is 9.18 Å². The van der Waals surface area contributed by atoms with Crippen LogP contribution < -0.4 is 15.8 Å². The number of carbonyl (C=O) groups is 1. The molecule has 3 N–H and O–H groups in total. The molecule has 0 radical (unpaired) electrons. The van der Waals surface area contributed by atoms with Crippen molar-refractivity contribution < 1.29 is 13.9 Å². The molecule has 5 heteroatoms. The van der Waals surface area contributed by atoms with Crippen molar-refractivity contribution >= 4 is 17.5 Å². The third-order valence-electron chi connectivity index (χ3n) is 2.20. The van der Waals surface area contributed by atoms with E-state index in [1.54, 1.807) is 24.3 Å². The van der Waals surface area contributed by atoms with Gasteiger partial charge in [-0.2, -0.15) is 0 Å². The van der Waals surface area contributed by atoms with E-state index in [2.05, 4.69) is 5.32 Å². The van der Waals surface area contributed by atoms with E-state index in [-0.39, 0.29) is 5.69 Å². The van der Waals surface area contributed by atoms with Crippen LogP contribution in [-0.4, -0.2) is 6.09 Å². The van der Waals surface area contributed by atoms with Crippen molar-refractivity contribution in [3.05, 3.63) is 54.3 Å². The first-order valence-corrected chi connectivity index (χ1v) is 5.24. The van der Waals surface area contributed by atoms with Gasteiger partial charge in [0.1, 0.15) is 11.6 Å². The monoisotopic (exact) mass is 246 g/mol. The van der Waals surface area contributed by atoms with E-state index in [1.165, 1.54) is 18.2 Å². The molecule has 0 aliphatic heterocycles. The average Bonchev–Trinajstić information content (AvgIpc) is 2.35. The van der Waals surface area contributed by atoms with Crippen LogP contribution in [0.1, 0.15) is 0 Å². The predicted molar refractivity (Wildman–Crippen MR) is 66.9 cm³/mol. The van der Waals surface area contributed by atoms with Gasteiger partial charge in [-0.1, -0.05) is 18.2 Å². The fourth-order valence-electron chi connectivity index (χ4n) is 1.36. The van der Waals surface area contributed by atoms with Crippen LogP contribution in [-0.2, 0) is 0 Å². The zero-order chi connectivity index (χ0) is 13.0. The molecule has 2 aromatic carbocycles. The molecule has 0 saturated heterocycles. The minimum absolute atomic E-state index is 0.0347. The number of para-hydroxylation sites is 1. The van der Waals surface area contributed by atoms with Gasteiger partial charge in [-0.15, -0.1) is 0 Å². The normalized spacial score (nSPS) is 9.83. The summed E-state index contributed by atoms with van der Waals surface area (Å²) in [7, 11) is 0. The number of ether oxygens (including phenoxy) is 1. The Morgan fingerprint density at radius 1 is 1.17 bits per heavy atom. The molecule has 2 rings (SSSR count). The van der Waals surface area contributed by atoms with E-state index >= 15 is 0 Å². The van der Waals surface area contributed by atoms with Crippen molar-refractivity contribution in [1.82, 2.24) is 0 Å². The summed E-state index contributed by atoms with van der Waals surface area (Å²) in [6.07, 6.45) is -0.660. The Morgan fingerprint density at radius 3 is 2.56 bits per heavy atom. The highest BCUT2D eigenvalue weighted by atomic mass is 19.1. The van der Waals surface area contributed by atoms with Crippen molar-refractivity contribution in [3.8, 4) is 5.75 Å². The number of halogens is 1. The maximum absolute atomic E-state index is 12.9. The van der Waals surface area contributed by atoms with Gasteiger partial charge in [0, 0.05) is 5.69 Å². The molecule has 0 bridgehead atoms. The quantitative estimate of drug-likeness (QED) is 0.800. The summed E-state index contributed by atoms with van der Waals surface area (Å²) in [5.74, 6) is -0.109. The van der Waals surface area contributed by atoms with E-state index < -0.39 is 11.9 Å². The number of hydrogen-bond donors (Lipinski definition) is 2. The molecule has 0 heterocycles. The molecule has 0 spiro atoms. The van der Waals surface area contributed by atoms with Crippen LogP contribution in [0, 0.1) is 5.82 Å². The van der Waals surface area contributed by atoms with Gasteiger partial charge in [0.15, 0.2) is 0 Å². The summed E-state index contributed by atoms with van der Waals surface area (Å²) in [6.45, 7) is 0. The van der Waals surface area contributed by atoms with Crippen LogP contribution in [0.25, 0.3) is 0 Å². The van der Waals surface area contributed by atoms with Gasteiger partial charge in [0.05, 0.1) is 5.69 Å². The van der Waals surface area contributed by atoms with Gasteiger partial charge >= 0.3 is 6.09 Å². The Labute approximate surface area is 103 Å². The number of nitrogen functional groups attached to an aromatic ring is 1. The van der Waals surface area contributed by atoms with E-state index in [1.807, 2.05) is 6.07 Å². The van der Waals surface area contributed by atoms with E-state index in [4.69, 9.17) is 10.5 Å². The second kappa shape index (κ2) is 5.18. The Morgan fingerprint density at radius 2 is 1.89 bits per heavy atom. The lowest BCUT2D eigenvalue weighted by Crippen LogP contribution is -2.16. The summed E-state index contributed by atoms with van der Waals surface area (Å²) >= 11 is 0. The van der Waals surface area contributed by atoms with Crippen LogP contribution in [0.5, 0.6) is 5.75 Å². The maximum atomic E-state index is 12.9. The summed E-state index contributed by atoms with van der Waals surface area (Å²) < 4.78 is 17.9. The lowest BCUT2D eigenvalue weighted by molar-refractivity contribution is 0.215. The molecule has 1 amide bonds. The van der Waals surface area contributed by atoms with E-state index in [0.29, 0.717) is 11.4 Å². The van der Waals surface area contributed by atoms with Crippen LogP contribution in [0.2, 0.25) is 0 Å². The Hall–Kier alpha value is -2.56. The molecule has 4 nitrogen and oxygen atoms in total. The second-order valence-electron chi connectivity index (χ2n) is 3.56. The first-order chi connectivity index (χ1) is 8.65. The fourth-order valence-corrected chi connectivity index (χ4v) is 1.36. The van der Waals surface area contributed by atoms with Crippen LogP contribution in [0.15, 0.2) is 48.5 Å². The number of nitrogens with one attached hydrogen (secondary N) is 1. The number of benzene rings is 2. The molecular weight excluding hydrogens is 235 g/mol. The van der Waals surface area contributed by atoms with Gasteiger partial charge in [-0.05, 0) is 30.3 Å². The number of anilines is 2. The Kier molecular flexibility index (Phi) is 3.43.